The minimum Gasteiger partial charge on any atom is -0.481 e. The van der Waals surface area contributed by atoms with Gasteiger partial charge in [0.15, 0.2) is 5.76 Å². The number of carboxylic acid groups (broad SMARTS) is 1. The maximum atomic E-state index is 11.9. The van der Waals surface area contributed by atoms with Crippen LogP contribution >= 0.6 is 0 Å². The monoisotopic (exact) mass is 259 g/mol. The third-order valence-corrected chi connectivity index (χ3v) is 2.63. The first-order valence-electron chi connectivity index (χ1n) is 5.78. The zero-order valence-corrected chi connectivity index (χ0v) is 10.1. The van der Waals surface area contributed by atoms with Crippen molar-refractivity contribution in [3.05, 3.63) is 60.1 Å². The van der Waals surface area contributed by atoms with Gasteiger partial charge < -0.3 is 14.8 Å². The molecule has 1 amide bonds. The molecule has 1 atom stereocenters. The molecular weight excluding hydrogens is 246 g/mol. The molecule has 1 aromatic carbocycles. The van der Waals surface area contributed by atoms with E-state index < -0.39 is 17.9 Å². The minimum absolute atomic E-state index is 0.159. The highest BCUT2D eigenvalue weighted by Crippen LogP contribution is 2.17. The Labute approximate surface area is 109 Å². The smallest absolute Gasteiger partial charge is 0.305 e. The van der Waals surface area contributed by atoms with Gasteiger partial charge in [0.25, 0.3) is 5.91 Å². The molecular formula is C14H13NO4. The molecule has 1 heterocycles. The molecule has 5 heteroatoms. The summed E-state index contributed by atoms with van der Waals surface area (Å²) in [7, 11) is 0. The molecule has 19 heavy (non-hydrogen) atoms. The second-order valence-electron chi connectivity index (χ2n) is 4.01. The third kappa shape index (κ3) is 3.45. The first-order chi connectivity index (χ1) is 9.16. The first-order valence-corrected chi connectivity index (χ1v) is 5.78. The highest BCUT2D eigenvalue weighted by molar-refractivity contribution is 5.91. The van der Waals surface area contributed by atoms with Gasteiger partial charge in [-0.1, -0.05) is 30.3 Å². The SMILES string of the molecule is O=C(O)C[C@@H](NC(=O)c1ccco1)c1ccccc1. The Morgan fingerprint density at radius 2 is 1.89 bits per heavy atom. The van der Waals surface area contributed by atoms with Crippen molar-refractivity contribution in [3.63, 3.8) is 0 Å². The van der Waals surface area contributed by atoms with Gasteiger partial charge in [0.1, 0.15) is 0 Å². The summed E-state index contributed by atoms with van der Waals surface area (Å²) in [5.74, 6) is -1.25. The zero-order valence-electron chi connectivity index (χ0n) is 10.1. The predicted octanol–water partition coefficient (Wildman–Crippen LogP) is 2.23. The van der Waals surface area contributed by atoms with Crippen LogP contribution in [-0.4, -0.2) is 17.0 Å². The molecule has 2 rings (SSSR count). The molecule has 0 bridgehead atoms. The summed E-state index contributed by atoms with van der Waals surface area (Å²) in [5, 5.41) is 11.6. The van der Waals surface area contributed by atoms with Crippen molar-refractivity contribution in [1.82, 2.24) is 5.32 Å². The van der Waals surface area contributed by atoms with Crippen LogP contribution in [0.4, 0.5) is 0 Å². The summed E-state index contributed by atoms with van der Waals surface area (Å²) in [6.07, 6.45) is 1.21. The van der Waals surface area contributed by atoms with E-state index in [1.165, 1.54) is 12.3 Å². The van der Waals surface area contributed by atoms with Crippen molar-refractivity contribution in [2.45, 2.75) is 12.5 Å². The van der Waals surface area contributed by atoms with Crippen LogP contribution in [0, 0.1) is 0 Å². The Balaban J connectivity index is 2.15. The summed E-state index contributed by atoms with van der Waals surface area (Å²) < 4.78 is 4.98. The Bertz CT molecular complexity index is 548. The minimum atomic E-state index is -0.978. The lowest BCUT2D eigenvalue weighted by Gasteiger charge is -2.16. The number of carboxylic acids is 1. The molecule has 0 aliphatic heterocycles. The number of benzene rings is 1. The lowest BCUT2D eigenvalue weighted by Crippen LogP contribution is -2.29. The Kier molecular flexibility index (Phi) is 3.97. The largest absolute Gasteiger partial charge is 0.481 e. The molecule has 0 saturated heterocycles. The first kappa shape index (κ1) is 12.9. The quantitative estimate of drug-likeness (QED) is 0.862. The maximum absolute atomic E-state index is 11.9. The lowest BCUT2D eigenvalue weighted by atomic mass is 10.0. The van der Waals surface area contributed by atoms with E-state index in [2.05, 4.69) is 5.32 Å². The van der Waals surface area contributed by atoms with E-state index in [4.69, 9.17) is 9.52 Å². The summed E-state index contributed by atoms with van der Waals surface area (Å²) in [5.41, 5.74) is 0.741. The maximum Gasteiger partial charge on any atom is 0.305 e. The van der Waals surface area contributed by atoms with Crippen LogP contribution in [0.25, 0.3) is 0 Å². The number of furan rings is 1. The number of hydrogen-bond acceptors (Lipinski definition) is 3. The summed E-state index contributed by atoms with van der Waals surface area (Å²) in [4.78, 5) is 22.7. The Morgan fingerprint density at radius 1 is 1.16 bits per heavy atom. The van der Waals surface area contributed by atoms with Crippen LogP contribution in [-0.2, 0) is 4.79 Å². The van der Waals surface area contributed by atoms with E-state index >= 15 is 0 Å². The van der Waals surface area contributed by atoms with Gasteiger partial charge in [-0.05, 0) is 17.7 Å². The topological polar surface area (TPSA) is 79.5 Å². The molecule has 2 N–H and O–H groups in total. The number of aliphatic carboxylic acids is 1. The van der Waals surface area contributed by atoms with Gasteiger partial charge in [-0.3, -0.25) is 9.59 Å². The van der Waals surface area contributed by atoms with E-state index in [0.717, 1.165) is 5.56 Å². The van der Waals surface area contributed by atoms with Crippen LogP contribution in [0.15, 0.2) is 53.1 Å². The highest BCUT2D eigenvalue weighted by Gasteiger charge is 2.19. The fourth-order valence-corrected chi connectivity index (χ4v) is 1.75. The molecule has 0 unspecified atom stereocenters. The molecule has 0 radical (unpaired) electrons. The predicted molar refractivity (Wildman–Crippen MR) is 67.6 cm³/mol. The van der Waals surface area contributed by atoms with Gasteiger partial charge in [-0.2, -0.15) is 0 Å². The number of carbonyl (C=O) groups excluding carboxylic acids is 1. The van der Waals surface area contributed by atoms with E-state index in [-0.39, 0.29) is 12.2 Å². The Morgan fingerprint density at radius 3 is 2.47 bits per heavy atom. The normalized spacial score (nSPS) is 11.8. The van der Waals surface area contributed by atoms with E-state index in [9.17, 15) is 9.59 Å². The summed E-state index contributed by atoms with van der Waals surface area (Å²) in [6, 6.07) is 11.5. The molecule has 1 aromatic heterocycles. The number of hydrogen-bond donors (Lipinski definition) is 2. The van der Waals surface area contributed by atoms with Crippen molar-refractivity contribution < 1.29 is 19.1 Å². The fourth-order valence-electron chi connectivity index (χ4n) is 1.75. The van der Waals surface area contributed by atoms with Gasteiger partial charge in [0.2, 0.25) is 0 Å². The average Bonchev–Trinajstić information content (AvgIpc) is 2.92. The molecule has 98 valence electrons. The number of rotatable bonds is 5. The van der Waals surface area contributed by atoms with Crippen LogP contribution in [0.5, 0.6) is 0 Å². The molecule has 5 nitrogen and oxygen atoms in total. The van der Waals surface area contributed by atoms with E-state index in [1.807, 2.05) is 6.07 Å². The average molecular weight is 259 g/mol. The van der Waals surface area contributed by atoms with Crippen molar-refractivity contribution in [2.75, 3.05) is 0 Å². The number of carbonyl (C=O) groups is 2. The van der Waals surface area contributed by atoms with Crippen LogP contribution in [0.3, 0.4) is 0 Å². The lowest BCUT2D eigenvalue weighted by molar-refractivity contribution is -0.137. The summed E-state index contributed by atoms with van der Waals surface area (Å²) in [6.45, 7) is 0. The van der Waals surface area contributed by atoms with Gasteiger partial charge >= 0.3 is 5.97 Å². The Hall–Kier alpha value is -2.56. The van der Waals surface area contributed by atoms with E-state index in [1.54, 1.807) is 30.3 Å². The number of amides is 1. The van der Waals surface area contributed by atoms with Crippen LogP contribution in [0.2, 0.25) is 0 Å². The van der Waals surface area contributed by atoms with Gasteiger partial charge in [-0.25, -0.2) is 0 Å². The van der Waals surface area contributed by atoms with Crippen molar-refractivity contribution in [2.24, 2.45) is 0 Å². The molecule has 2 aromatic rings. The van der Waals surface area contributed by atoms with Gasteiger partial charge in [-0.15, -0.1) is 0 Å². The third-order valence-electron chi connectivity index (χ3n) is 2.63. The molecule has 0 saturated carbocycles. The zero-order chi connectivity index (χ0) is 13.7. The molecule has 0 fully saturated rings. The van der Waals surface area contributed by atoms with Gasteiger partial charge in [0, 0.05) is 0 Å². The summed E-state index contributed by atoms with van der Waals surface area (Å²) >= 11 is 0. The van der Waals surface area contributed by atoms with Gasteiger partial charge in [0.05, 0.1) is 18.7 Å². The van der Waals surface area contributed by atoms with Crippen LogP contribution in [0.1, 0.15) is 28.6 Å². The van der Waals surface area contributed by atoms with Crippen molar-refractivity contribution in [1.29, 1.82) is 0 Å². The second-order valence-corrected chi connectivity index (χ2v) is 4.01. The highest BCUT2D eigenvalue weighted by atomic mass is 16.4. The van der Waals surface area contributed by atoms with Crippen LogP contribution < -0.4 is 5.32 Å². The number of nitrogens with one attached hydrogen (secondary N) is 1. The van der Waals surface area contributed by atoms with E-state index in [0.29, 0.717) is 0 Å². The standard InChI is InChI=1S/C14H13NO4/c16-13(17)9-11(10-5-2-1-3-6-10)15-14(18)12-7-4-8-19-12/h1-8,11H,9H2,(H,15,18)(H,16,17)/t11-/m1/s1. The molecule has 0 spiro atoms. The van der Waals surface area contributed by atoms with Crippen molar-refractivity contribution in [3.8, 4) is 0 Å². The van der Waals surface area contributed by atoms with Crippen molar-refractivity contribution >= 4 is 11.9 Å². The molecule has 0 aliphatic carbocycles. The molecule has 0 aliphatic rings. The fraction of sp³-hybridized carbons (Fsp3) is 0.143. The second kappa shape index (κ2) is 5.86.